The minimum atomic E-state index is -3.64. The van der Waals surface area contributed by atoms with Crippen molar-refractivity contribution in [3.63, 3.8) is 0 Å². The fourth-order valence-corrected chi connectivity index (χ4v) is 7.72. The van der Waals surface area contributed by atoms with Crippen LogP contribution in [0.3, 0.4) is 0 Å². The van der Waals surface area contributed by atoms with E-state index in [1.54, 1.807) is 25.6 Å². The topological polar surface area (TPSA) is 85.3 Å². The monoisotopic (exact) mass is 557 g/mol. The second-order valence-electron chi connectivity index (χ2n) is 11.0. The van der Waals surface area contributed by atoms with Crippen molar-refractivity contribution in [2.45, 2.75) is 57.6 Å². The Labute approximate surface area is 233 Å². The van der Waals surface area contributed by atoms with Gasteiger partial charge in [0.2, 0.25) is 10.0 Å². The predicted octanol–water partition coefficient (Wildman–Crippen LogP) is 5.04. The Morgan fingerprint density at radius 2 is 1.41 bits per heavy atom. The Bertz CT molecular complexity index is 1160. The molecular formula is C31H43NO6S. The molecule has 0 radical (unpaired) electrons. The molecule has 0 amide bonds. The summed E-state index contributed by atoms with van der Waals surface area (Å²) in [5.41, 5.74) is 3.05. The molecule has 2 aliphatic rings. The highest BCUT2D eigenvalue weighted by Crippen LogP contribution is 2.46. The van der Waals surface area contributed by atoms with Crippen LogP contribution < -0.4 is 9.47 Å². The van der Waals surface area contributed by atoms with Gasteiger partial charge in [-0.3, -0.25) is 0 Å². The van der Waals surface area contributed by atoms with Crippen LogP contribution in [0.5, 0.6) is 11.5 Å². The summed E-state index contributed by atoms with van der Waals surface area (Å²) in [6, 6.07) is 15.1. The number of aliphatic hydroxyl groups is 1. The maximum absolute atomic E-state index is 14.1. The first-order chi connectivity index (χ1) is 18.7. The first-order valence-electron chi connectivity index (χ1n) is 13.8. The molecule has 0 spiro atoms. The van der Waals surface area contributed by atoms with Crippen LogP contribution in [0.2, 0.25) is 0 Å². The number of ether oxygens (including phenoxy) is 3. The number of hydrogen-bond acceptors (Lipinski definition) is 6. The molecule has 0 aliphatic heterocycles. The van der Waals surface area contributed by atoms with Crippen molar-refractivity contribution in [1.29, 1.82) is 0 Å². The maximum Gasteiger partial charge on any atom is 0.217 e. The van der Waals surface area contributed by atoms with Crippen molar-refractivity contribution in [3.05, 3.63) is 71.3 Å². The molecule has 2 unspecified atom stereocenters. The van der Waals surface area contributed by atoms with Gasteiger partial charge >= 0.3 is 0 Å². The zero-order valence-electron chi connectivity index (χ0n) is 23.7. The summed E-state index contributed by atoms with van der Waals surface area (Å²) in [6.07, 6.45) is 5.19. The minimum Gasteiger partial charge on any atom is -0.497 e. The molecule has 1 saturated carbocycles. The van der Waals surface area contributed by atoms with Crippen molar-refractivity contribution in [3.8, 4) is 11.5 Å². The van der Waals surface area contributed by atoms with Crippen molar-refractivity contribution in [1.82, 2.24) is 4.31 Å². The van der Waals surface area contributed by atoms with Gasteiger partial charge < -0.3 is 19.3 Å². The summed E-state index contributed by atoms with van der Waals surface area (Å²) in [4.78, 5) is 0. The van der Waals surface area contributed by atoms with Crippen LogP contribution in [-0.4, -0.2) is 57.1 Å². The number of methoxy groups -OCH3 is 3. The Morgan fingerprint density at radius 1 is 0.897 bits per heavy atom. The number of benzene rings is 2. The van der Waals surface area contributed by atoms with E-state index in [0.717, 1.165) is 41.9 Å². The lowest BCUT2D eigenvalue weighted by Crippen LogP contribution is -2.45. The fourth-order valence-electron chi connectivity index (χ4n) is 5.84. The molecule has 0 bridgehead atoms. The normalized spacial score (nSPS) is 23.3. The smallest absolute Gasteiger partial charge is 0.217 e. The number of hydrogen-bond donors (Lipinski definition) is 1. The van der Waals surface area contributed by atoms with Gasteiger partial charge in [0.15, 0.2) is 0 Å². The maximum atomic E-state index is 14.1. The molecule has 2 aliphatic carbocycles. The highest BCUT2D eigenvalue weighted by molar-refractivity contribution is 7.89. The van der Waals surface area contributed by atoms with Gasteiger partial charge in [-0.25, -0.2) is 8.42 Å². The Morgan fingerprint density at radius 3 is 1.79 bits per heavy atom. The van der Waals surface area contributed by atoms with Crippen LogP contribution in [0.15, 0.2) is 60.2 Å². The summed E-state index contributed by atoms with van der Waals surface area (Å²) in [5, 5.41) is 9.07. The average molecular weight is 558 g/mol. The molecule has 1 N–H and O–H groups in total. The van der Waals surface area contributed by atoms with Crippen LogP contribution in [0, 0.1) is 23.7 Å². The Balaban J connectivity index is 1.51. The molecule has 4 rings (SSSR count). The van der Waals surface area contributed by atoms with Crippen LogP contribution in [-0.2, 0) is 27.8 Å². The SMILES string of the molecule is COc1ccc(CN(Cc2ccc(OC)cc2)S(=O)(=O)[C@H](C)[C@@H](C)C2C=C([C@H](OC)[C@@H]3CCC3CO)C2)cc1. The molecule has 7 nitrogen and oxygen atoms in total. The molecule has 214 valence electrons. The first-order valence-corrected chi connectivity index (χ1v) is 15.3. The number of rotatable bonds is 14. The number of nitrogens with zero attached hydrogens (tertiary/aromatic N) is 1. The van der Waals surface area contributed by atoms with Gasteiger partial charge in [-0.1, -0.05) is 37.3 Å². The van der Waals surface area contributed by atoms with Crippen molar-refractivity contribution >= 4 is 10.0 Å². The van der Waals surface area contributed by atoms with E-state index in [-0.39, 0.29) is 37.6 Å². The van der Waals surface area contributed by atoms with Crippen LogP contribution in [0.4, 0.5) is 0 Å². The van der Waals surface area contributed by atoms with Gasteiger partial charge in [-0.05, 0) is 90.8 Å². The Hall–Kier alpha value is -2.39. The standard InChI is InChI=1S/C31H43NO6S/c1-21(26-16-27(17-26)31(38-5)30-15-10-25(30)20-33)22(2)39(34,35)32(18-23-6-11-28(36-3)12-7-23)19-24-8-13-29(37-4)14-9-24/h6-9,11-14,16,21-22,25-26,30-31,33H,10,15,17-20H2,1-5H3/t21-,22-,25?,26?,30-,31+/m1/s1. The molecule has 6 atom stereocenters. The lowest BCUT2D eigenvalue weighted by molar-refractivity contribution is -0.0227. The number of aliphatic hydroxyl groups excluding tert-OH is 1. The molecule has 2 aromatic rings. The first kappa shape index (κ1) is 29.6. The van der Waals surface area contributed by atoms with Gasteiger partial charge in [0.25, 0.3) is 0 Å². The van der Waals surface area contributed by atoms with Gasteiger partial charge in [0.05, 0.1) is 25.6 Å². The lowest BCUT2D eigenvalue weighted by atomic mass is 9.65. The second kappa shape index (κ2) is 12.9. The van der Waals surface area contributed by atoms with Gasteiger partial charge in [0.1, 0.15) is 11.5 Å². The van der Waals surface area contributed by atoms with E-state index in [9.17, 15) is 13.5 Å². The third-order valence-electron chi connectivity index (χ3n) is 8.90. The molecule has 8 heteroatoms. The van der Waals surface area contributed by atoms with Crippen molar-refractivity contribution in [2.24, 2.45) is 23.7 Å². The summed E-state index contributed by atoms with van der Waals surface area (Å²) in [6.45, 7) is 4.63. The number of sulfonamides is 1. The Kier molecular flexibility index (Phi) is 9.75. The van der Waals surface area contributed by atoms with Crippen LogP contribution in [0.1, 0.15) is 44.2 Å². The molecular weight excluding hydrogens is 514 g/mol. The van der Waals surface area contributed by atoms with E-state index >= 15 is 0 Å². The van der Waals surface area contributed by atoms with E-state index in [1.807, 2.05) is 62.4 Å². The minimum absolute atomic E-state index is 0.0212. The van der Waals surface area contributed by atoms with Gasteiger partial charge in [-0.2, -0.15) is 4.31 Å². The van der Waals surface area contributed by atoms with E-state index in [0.29, 0.717) is 11.8 Å². The van der Waals surface area contributed by atoms with Crippen molar-refractivity contribution < 1.29 is 27.7 Å². The number of allylic oxidation sites excluding steroid dienone is 1. The highest BCUT2D eigenvalue weighted by atomic mass is 32.2. The molecule has 2 aromatic carbocycles. The quantitative estimate of drug-likeness (QED) is 0.328. The average Bonchev–Trinajstić information content (AvgIpc) is 2.91. The summed E-state index contributed by atoms with van der Waals surface area (Å²) >= 11 is 0. The predicted molar refractivity (Wildman–Crippen MR) is 153 cm³/mol. The molecule has 0 heterocycles. The zero-order valence-corrected chi connectivity index (χ0v) is 24.6. The third kappa shape index (κ3) is 6.51. The van der Waals surface area contributed by atoms with Crippen molar-refractivity contribution in [2.75, 3.05) is 27.9 Å². The molecule has 0 saturated heterocycles. The van der Waals surface area contributed by atoms with E-state index in [2.05, 4.69) is 6.08 Å². The van der Waals surface area contributed by atoms with E-state index in [4.69, 9.17) is 14.2 Å². The molecule has 39 heavy (non-hydrogen) atoms. The second-order valence-corrected chi connectivity index (χ2v) is 13.3. The van der Waals surface area contributed by atoms with Gasteiger partial charge in [0, 0.05) is 26.8 Å². The van der Waals surface area contributed by atoms with Gasteiger partial charge in [-0.15, -0.1) is 0 Å². The largest absolute Gasteiger partial charge is 0.497 e. The third-order valence-corrected chi connectivity index (χ3v) is 11.2. The van der Waals surface area contributed by atoms with E-state index in [1.165, 1.54) is 5.57 Å². The summed E-state index contributed by atoms with van der Waals surface area (Å²) in [5.74, 6) is 2.25. The zero-order chi connectivity index (χ0) is 28.2. The summed E-state index contributed by atoms with van der Waals surface area (Å²) < 4.78 is 46.2. The fraction of sp³-hybridized carbons (Fsp3) is 0.548. The van der Waals surface area contributed by atoms with Crippen LogP contribution in [0.25, 0.3) is 0 Å². The highest BCUT2D eigenvalue weighted by Gasteiger charge is 2.43. The molecule has 1 fully saturated rings. The molecule has 0 aromatic heterocycles. The van der Waals surface area contributed by atoms with E-state index < -0.39 is 15.3 Å². The van der Waals surface area contributed by atoms with Crippen LogP contribution >= 0.6 is 0 Å². The summed E-state index contributed by atoms with van der Waals surface area (Å²) in [7, 11) is 1.33. The lowest BCUT2D eigenvalue weighted by Gasteiger charge is -2.45.